The predicted molar refractivity (Wildman–Crippen MR) is 82.8 cm³/mol. The van der Waals surface area contributed by atoms with Crippen molar-refractivity contribution < 1.29 is 0 Å². The summed E-state index contributed by atoms with van der Waals surface area (Å²) in [4.78, 5) is 4.38. The van der Waals surface area contributed by atoms with E-state index < -0.39 is 0 Å². The highest BCUT2D eigenvalue weighted by Crippen LogP contribution is 2.27. The van der Waals surface area contributed by atoms with Crippen LogP contribution in [-0.2, 0) is 0 Å². The molecule has 0 N–H and O–H groups in total. The minimum absolute atomic E-state index is 0.606. The molecule has 0 aliphatic heterocycles. The fraction of sp³-hybridized carbons (Fsp3) is 0.125. The molecule has 6 heteroatoms. The number of aromatic nitrogens is 6. The van der Waals surface area contributed by atoms with Crippen LogP contribution >= 0.6 is 0 Å². The van der Waals surface area contributed by atoms with Gasteiger partial charge in [-0.3, -0.25) is 4.40 Å². The van der Waals surface area contributed by atoms with E-state index in [0.717, 1.165) is 22.6 Å². The monoisotopic (exact) mass is 290 g/mol. The molecule has 3 heterocycles. The molecule has 0 spiro atoms. The molecule has 0 unspecified atom stereocenters. The fourth-order valence-electron chi connectivity index (χ4n) is 2.52. The quantitative estimate of drug-likeness (QED) is 0.569. The summed E-state index contributed by atoms with van der Waals surface area (Å²) in [6.07, 6.45) is 7.54. The number of hydrogen-bond acceptors (Lipinski definition) is 4. The Balaban J connectivity index is 1.96. The van der Waals surface area contributed by atoms with Gasteiger partial charge in [0.05, 0.1) is 5.69 Å². The van der Waals surface area contributed by atoms with Gasteiger partial charge in [0.15, 0.2) is 0 Å². The smallest absolute Gasteiger partial charge is 0.254 e. The molecule has 0 bridgehead atoms. The van der Waals surface area contributed by atoms with Gasteiger partial charge < -0.3 is 0 Å². The summed E-state index contributed by atoms with van der Waals surface area (Å²) < 4.78 is 3.76. The average molecular weight is 290 g/mol. The number of aryl methyl sites for hydroxylation is 2. The molecule has 0 saturated carbocycles. The number of fused-ring (bicyclic) bond motifs is 1. The van der Waals surface area contributed by atoms with Gasteiger partial charge in [0.2, 0.25) is 0 Å². The van der Waals surface area contributed by atoms with Crippen molar-refractivity contribution in [3.8, 4) is 16.8 Å². The first-order valence-electron chi connectivity index (χ1n) is 7.01. The Morgan fingerprint density at radius 1 is 1.09 bits per heavy atom. The lowest BCUT2D eigenvalue weighted by molar-refractivity contribution is 0.880. The van der Waals surface area contributed by atoms with E-state index in [0.29, 0.717) is 5.78 Å². The largest absolute Gasteiger partial charge is 0.270 e. The van der Waals surface area contributed by atoms with E-state index in [2.05, 4.69) is 45.4 Å². The summed E-state index contributed by atoms with van der Waals surface area (Å²) >= 11 is 0. The first-order valence-corrected chi connectivity index (χ1v) is 7.01. The lowest BCUT2D eigenvalue weighted by atomic mass is 10.0. The fourth-order valence-corrected chi connectivity index (χ4v) is 2.52. The highest BCUT2D eigenvalue weighted by Gasteiger charge is 2.10. The van der Waals surface area contributed by atoms with Gasteiger partial charge in [-0.05, 0) is 31.5 Å². The van der Waals surface area contributed by atoms with Gasteiger partial charge in [-0.1, -0.05) is 12.1 Å². The maximum atomic E-state index is 4.38. The molecule has 22 heavy (non-hydrogen) atoms. The Morgan fingerprint density at radius 3 is 2.82 bits per heavy atom. The van der Waals surface area contributed by atoms with Crippen LogP contribution in [0.1, 0.15) is 11.4 Å². The lowest BCUT2D eigenvalue weighted by Gasteiger charge is -2.11. The average Bonchev–Trinajstić information content (AvgIpc) is 3.17. The van der Waals surface area contributed by atoms with Crippen LogP contribution in [0.2, 0.25) is 0 Å². The molecule has 6 nitrogen and oxygen atoms in total. The highest BCUT2D eigenvalue weighted by atomic mass is 15.3. The molecule has 3 aromatic heterocycles. The van der Waals surface area contributed by atoms with Crippen LogP contribution < -0.4 is 0 Å². The molecule has 108 valence electrons. The molecule has 0 amide bonds. The van der Waals surface area contributed by atoms with Crippen molar-refractivity contribution in [3.05, 3.63) is 60.4 Å². The third-order valence-corrected chi connectivity index (χ3v) is 3.65. The van der Waals surface area contributed by atoms with Gasteiger partial charge in [0, 0.05) is 35.9 Å². The number of nitrogens with zero attached hydrogens (tertiary/aromatic N) is 6. The molecule has 1 aromatic carbocycles. The zero-order valence-electron chi connectivity index (χ0n) is 12.3. The van der Waals surface area contributed by atoms with Crippen LogP contribution in [0, 0.1) is 13.8 Å². The van der Waals surface area contributed by atoms with E-state index in [9.17, 15) is 0 Å². The first-order chi connectivity index (χ1) is 10.7. The maximum absolute atomic E-state index is 4.38. The normalized spacial score (nSPS) is 11.2. The van der Waals surface area contributed by atoms with Gasteiger partial charge in [-0.15, -0.1) is 10.2 Å². The third-order valence-electron chi connectivity index (χ3n) is 3.65. The molecule has 4 aromatic rings. The number of hydrogen-bond donors (Lipinski definition) is 0. The molecule has 0 aliphatic rings. The minimum atomic E-state index is 0.606. The van der Waals surface area contributed by atoms with Gasteiger partial charge in [-0.25, -0.2) is 9.67 Å². The minimum Gasteiger partial charge on any atom is -0.270 e. The standard InChI is InChI=1S/C16H14N6/c1-11-4-5-14(15(8-11)22-7-3-6-18-22)13-9-17-16-20-19-12(2)21(16)10-13/h3-10H,1-2H3. The van der Waals surface area contributed by atoms with Crippen molar-refractivity contribution in [1.29, 1.82) is 0 Å². The van der Waals surface area contributed by atoms with Gasteiger partial charge >= 0.3 is 0 Å². The van der Waals surface area contributed by atoms with E-state index in [-0.39, 0.29) is 0 Å². The lowest BCUT2D eigenvalue weighted by Crippen LogP contribution is -2.00. The molecular formula is C16H14N6. The van der Waals surface area contributed by atoms with E-state index in [1.165, 1.54) is 5.56 Å². The summed E-state index contributed by atoms with van der Waals surface area (Å²) in [6, 6.07) is 8.21. The van der Waals surface area contributed by atoms with Gasteiger partial charge in [0.25, 0.3) is 5.78 Å². The highest BCUT2D eigenvalue weighted by molar-refractivity contribution is 5.72. The summed E-state index contributed by atoms with van der Waals surface area (Å²) in [5.41, 5.74) is 4.28. The van der Waals surface area contributed by atoms with Crippen molar-refractivity contribution in [1.82, 2.24) is 29.4 Å². The van der Waals surface area contributed by atoms with Gasteiger partial charge in [0.1, 0.15) is 5.82 Å². The topological polar surface area (TPSA) is 60.9 Å². The molecule has 0 saturated heterocycles. The Kier molecular flexibility index (Phi) is 2.75. The zero-order chi connectivity index (χ0) is 15.1. The summed E-state index contributed by atoms with van der Waals surface area (Å²) in [6.45, 7) is 3.98. The molecule has 0 radical (unpaired) electrons. The third kappa shape index (κ3) is 1.96. The molecule has 4 rings (SSSR count). The number of rotatable bonds is 2. The van der Waals surface area contributed by atoms with Crippen LogP contribution in [-0.4, -0.2) is 29.4 Å². The Morgan fingerprint density at radius 2 is 2.00 bits per heavy atom. The van der Waals surface area contributed by atoms with Crippen molar-refractivity contribution in [2.75, 3.05) is 0 Å². The van der Waals surface area contributed by atoms with E-state index in [4.69, 9.17) is 0 Å². The van der Waals surface area contributed by atoms with Crippen LogP contribution in [0.5, 0.6) is 0 Å². The van der Waals surface area contributed by atoms with Crippen LogP contribution in [0.3, 0.4) is 0 Å². The Hall–Kier alpha value is -3.02. The van der Waals surface area contributed by atoms with Crippen LogP contribution in [0.15, 0.2) is 49.1 Å². The molecular weight excluding hydrogens is 276 g/mol. The summed E-state index contributed by atoms with van der Waals surface area (Å²) in [7, 11) is 0. The number of benzene rings is 1. The predicted octanol–water partition coefficient (Wildman–Crippen LogP) is 2.59. The second-order valence-corrected chi connectivity index (χ2v) is 5.23. The van der Waals surface area contributed by atoms with Crippen LogP contribution in [0.4, 0.5) is 0 Å². The zero-order valence-corrected chi connectivity index (χ0v) is 12.3. The molecule has 0 fully saturated rings. The van der Waals surface area contributed by atoms with Gasteiger partial charge in [-0.2, -0.15) is 5.10 Å². The van der Waals surface area contributed by atoms with Crippen molar-refractivity contribution in [3.63, 3.8) is 0 Å². The second-order valence-electron chi connectivity index (χ2n) is 5.23. The Labute approximate surface area is 127 Å². The van der Waals surface area contributed by atoms with Crippen molar-refractivity contribution in [2.24, 2.45) is 0 Å². The molecule has 0 atom stereocenters. The van der Waals surface area contributed by atoms with E-state index >= 15 is 0 Å². The molecule has 0 aliphatic carbocycles. The second kappa shape index (κ2) is 4.77. The van der Waals surface area contributed by atoms with Crippen molar-refractivity contribution in [2.45, 2.75) is 13.8 Å². The summed E-state index contributed by atoms with van der Waals surface area (Å²) in [5, 5.41) is 12.4. The SMILES string of the molecule is Cc1ccc(-c2cnc3nnc(C)n3c2)c(-n2cccn2)c1. The summed E-state index contributed by atoms with van der Waals surface area (Å²) in [5.74, 6) is 1.42. The maximum Gasteiger partial charge on any atom is 0.254 e. The van der Waals surface area contributed by atoms with Crippen molar-refractivity contribution >= 4 is 5.78 Å². The van der Waals surface area contributed by atoms with E-state index in [1.807, 2.05) is 40.7 Å². The Bertz CT molecular complexity index is 952. The first kappa shape index (κ1) is 12.7. The van der Waals surface area contributed by atoms with Crippen LogP contribution in [0.25, 0.3) is 22.6 Å². The van der Waals surface area contributed by atoms with E-state index in [1.54, 1.807) is 6.20 Å².